The minimum Gasteiger partial charge on any atom is -0.459 e. The molecule has 5 heterocycles. The number of aliphatic hydroxyl groups is 1. The van der Waals surface area contributed by atoms with Crippen molar-refractivity contribution in [3.05, 3.63) is 0 Å². The molecule has 0 radical (unpaired) electrons. The molecule has 2 amide bonds. The van der Waals surface area contributed by atoms with Crippen LogP contribution in [0.3, 0.4) is 0 Å². The summed E-state index contributed by atoms with van der Waals surface area (Å²) >= 11 is 0. The number of ether oxygens (including phenoxy) is 2. The SMILES string of the molecule is O=C1O[C@H](C2CCCCC2)[C@H](C2CCCCC2)N2[C@H]1[C@@H](C(=O)N1CCN(C3NCCCN3)CC1)[C@]1(C(=O)NC3CCCCC31)[C@H]2C1CCCCC1OCCO. The molecule has 5 saturated heterocycles. The van der Waals surface area contributed by atoms with Crippen molar-refractivity contribution in [3.8, 4) is 0 Å². The van der Waals surface area contributed by atoms with E-state index < -0.39 is 17.4 Å². The maximum atomic E-state index is 15.8. The third kappa shape index (κ3) is 6.88. The summed E-state index contributed by atoms with van der Waals surface area (Å²) in [7, 11) is 0. The number of rotatable bonds is 8. The largest absolute Gasteiger partial charge is 0.459 e. The molecule has 4 N–H and O–H groups in total. The summed E-state index contributed by atoms with van der Waals surface area (Å²) in [6, 6.07) is -1.08. The number of hydrogen-bond donors (Lipinski definition) is 4. The lowest BCUT2D eigenvalue weighted by Gasteiger charge is -2.54. The third-order valence-corrected chi connectivity index (χ3v) is 16.3. The van der Waals surface area contributed by atoms with Crippen LogP contribution in [-0.2, 0) is 23.9 Å². The van der Waals surface area contributed by atoms with Gasteiger partial charge in [0.25, 0.3) is 0 Å². The Morgan fingerprint density at radius 2 is 1.44 bits per heavy atom. The Bertz CT molecular complexity index is 1360. The van der Waals surface area contributed by atoms with Crippen LogP contribution < -0.4 is 16.0 Å². The maximum Gasteiger partial charge on any atom is 0.324 e. The van der Waals surface area contributed by atoms with E-state index in [0.29, 0.717) is 24.9 Å². The van der Waals surface area contributed by atoms with E-state index in [4.69, 9.17) is 9.47 Å². The minimum absolute atomic E-state index is 0.00674. The second-order valence-corrected chi connectivity index (χ2v) is 19.0. The number of cyclic esters (lactones) is 1. The fourth-order valence-corrected chi connectivity index (χ4v) is 14.1. The Morgan fingerprint density at radius 1 is 0.782 bits per heavy atom. The van der Waals surface area contributed by atoms with Crippen LogP contribution in [0.25, 0.3) is 0 Å². The van der Waals surface area contributed by atoms with Gasteiger partial charge in [0.05, 0.1) is 36.7 Å². The standard InChI is InChI=1S/C43H70N6O6/c50-26-27-54-33-19-10-7-16-30(33)38-43(31-17-8-9-18-32(31)46-41(43)53)34(39(51)47-22-24-48(25-23-47)42-44-20-11-21-45-42)36-40(52)55-37(29-14-5-2-6-15-29)35(49(36)38)28-12-3-1-4-13-28/h28-38,42,44-45,50H,1-27H2,(H,46,53)/t30?,31?,32?,33?,34-,35-,36-,37+,38+,43-/m0/s1. The lowest BCUT2D eigenvalue weighted by atomic mass is 9.56. The average molecular weight is 767 g/mol. The van der Waals surface area contributed by atoms with E-state index >= 15 is 14.4 Å². The normalized spacial score (nSPS) is 41.5. The second-order valence-electron chi connectivity index (χ2n) is 19.0. The molecule has 9 fully saturated rings. The molecule has 9 rings (SSSR count). The van der Waals surface area contributed by atoms with Crippen LogP contribution in [0, 0.1) is 35.0 Å². The average Bonchev–Trinajstić information content (AvgIpc) is 3.72. The fourth-order valence-electron chi connectivity index (χ4n) is 14.1. The van der Waals surface area contributed by atoms with Crippen LogP contribution in [0.1, 0.15) is 122 Å². The van der Waals surface area contributed by atoms with Crippen molar-refractivity contribution in [2.75, 3.05) is 52.5 Å². The number of carbonyl (C=O) groups is 3. The van der Waals surface area contributed by atoms with E-state index in [0.717, 1.165) is 122 Å². The van der Waals surface area contributed by atoms with Crippen LogP contribution >= 0.6 is 0 Å². The molecule has 12 nitrogen and oxygen atoms in total. The van der Waals surface area contributed by atoms with Gasteiger partial charge < -0.3 is 24.8 Å². The Balaban J connectivity index is 1.18. The molecule has 4 unspecified atom stereocenters. The zero-order chi connectivity index (χ0) is 37.5. The molecule has 0 aromatic carbocycles. The van der Waals surface area contributed by atoms with Crippen molar-refractivity contribution in [2.24, 2.45) is 35.0 Å². The van der Waals surface area contributed by atoms with Gasteiger partial charge in [-0.05, 0) is 88.6 Å². The highest BCUT2D eigenvalue weighted by molar-refractivity contribution is 5.99. The second kappa shape index (κ2) is 16.8. The van der Waals surface area contributed by atoms with Crippen LogP contribution in [0.2, 0.25) is 0 Å². The Morgan fingerprint density at radius 3 is 2.16 bits per heavy atom. The number of hydrogen-bond acceptors (Lipinski definition) is 10. The maximum absolute atomic E-state index is 15.8. The molecule has 0 bridgehead atoms. The first kappa shape index (κ1) is 38.7. The summed E-state index contributed by atoms with van der Waals surface area (Å²) in [6.45, 7) is 4.82. The first-order chi connectivity index (χ1) is 27.0. The van der Waals surface area contributed by atoms with E-state index in [1.165, 1.54) is 25.7 Å². The number of aliphatic hydroxyl groups excluding tert-OH is 1. The van der Waals surface area contributed by atoms with E-state index in [-0.39, 0.29) is 79.5 Å². The van der Waals surface area contributed by atoms with Gasteiger partial charge in [-0.1, -0.05) is 64.2 Å². The highest BCUT2D eigenvalue weighted by atomic mass is 16.6. The lowest BCUT2D eigenvalue weighted by molar-refractivity contribution is -0.193. The van der Waals surface area contributed by atoms with Gasteiger partial charge >= 0.3 is 5.97 Å². The number of esters is 1. The molecular weight excluding hydrogens is 697 g/mol. The molecular formula is C43H70N6O6. The van der Waals surface area contributed by atoms with E-state index in [1.807, 2.05) is 4.90 Å². The van der Waals surface area contributed by atoms with Crippen LogP contribution in [0.15, 0.2) is 0 Å². The number of amides is 2. The molecule has 10 atom stereocenters. The minimum atomic E-state index is -1.05. The topological polar surface area (TPSA) is 136 Å². The van der Waals surface area contributed by atoms with Crippen molar-refractivity contribution in [1.82, 2.24) is 30.7 Å². The van der Waals surface area contributed by atoms with Crippen LogP contribution in [0.5, 0.6) is 0 Å². The molecule has 1 spiro atoms. The quantitative estimate of drug-likeness (QED) is 0.273. The molecule has 0 aromatic rings. The monoisotopic (exact) mass is 767 g/mol. The van der Waals surface area contributed by atoms with Crippen LogP contribution in [-0.4, -0.2) is 133 Å². The highest BCUT2D eigenvalue weighted by Crippen LogP contribution is 2.64. The number of nitrogens with zero attached hydrogens (tertiary/aromatic N) is 3. The fraction of sp³-hybridized carbons (Fsp3) is 0.930. The third-order valence-electron chi connectivity index (χ3n) is 16.3. The number of nitrogens with one attached hydrogen (secondary N) is 3. The lowest BCUT2D eigenvalue weighted by Crippen LogP contribution is -2.67. The van der Waals surface area contributed by atoms with Gasteiger partial charge in [0.1, 0.15) is 18.4 Å². The number of morpholine rings is 1. The van der Waals surface area contributed by atoms with Crippen molar-refractivity contribution in [2.45, 2.75) is 165 Å². The summed E-state index contributed by atoms with van der Waals surface area (Å²) < 4.78 is 13.5. The van der Waals surface area contributed by atoms with E-state index in [1.54, 1.807) is 0 Å². The first-order valence-electron chi connectivity index (χ1n) is 23.0. The van der Waals surface area contributed by atoms with Gasteiger partial charge in [0.2, 0.25) is 11.8 Å². The van der Waals surface area contributed by atoms with Gasteiger partial charge in [-0.15, -0.1) is 0 Å². The molecule has 0 aromatic heterocycles. The smallest absolute Gasteiger partial charge is 0.324 e. The molecule has 4 saturated carbocycles. The van der Waals surface area contributed by atoms with E-state index in [2.05, 4.69) is 25.8 Å². The predicted octanol–water partition coefficient (Wildman–Crippen LogP) is 3.36. The predicted molar refractivity (Wildman–Crippen MR) is 207 cm³/mol. The number of fused-ring (bicyclic) bond motifs is 3. The van der Waals surface area contributed by atoms with Crippen molar-refractivity contribution >= 4 is 17.8 Å². The molecule has 308 valence electrons. The van der Waals surface area contributed by atoms with Gasteiger partial charge in [-0.2, -0.15) is 0 Å². The molecule has 12 heteroatoms. The Labute approximate surface area is 328 Å². The summed E-state index contributed by atoms with van der Waals surface area (Å²) in [5.41, 5.74) is -1.05. The molecule has 9 aliphatic rings. The van der Waals surface area contributed by atoms with Gasteiger partial charge in [-0.3, -0.25) is 34.8 Å². The number of piperazine rings is 1. The van der Waals surface area contributed by atoms with Crippen molar-refractivity contribution < 1.29 is 29.0 Å². The molecule has 55 heavy (non-hydrogen) atoms. The zero-order valence-corrected chi connectivity index (χ0v) is 33.4. The van der Waals surface area contributed by atoms with Gasteiger partial charge in [-0.25, -0.2) is 0 Å². The summed E-state index contributed by atoms with van der Waals surface area (Å²) in [5, 5.41) is 20.8. The van der Waals surface area contributed by atoms with Crippen molar-refractivity contribution in [3.63, 3.8) is 0 Å². The first-order valence-corrected chi connectivity index (χ1v) is 23.0. The van der Waals surface area contributed by atoms with Crippen molar-refractivity contribution in [1.29, 1.82) is 0 Å². The van der Waals surface area contributed by atoms with Gasteiger partial charge in [0.15, 0.2) is 0 Å². The molecule has 4 aliphatic carbocycles. The zero-order valence-electron chi connectivity index (χ0n) is 33.4. The van der Waals surface area contributed by atoms with E-state index in [9.17, 15) is 5.11 Å². The number of carbonyl (C=O) groups excluding carboxylic acids is 3. The Hall–Kier alpha value is -1.83. The van der Waals surface area contributed by atoms with Gasteiger partial charge in [0, 0.05) is 44.2 Å². The Kier molecular flexibility index (Phi) is 11.8. The van der Waals surface area contributed by atoms with Crippen LogP contribution in [0.4, 0.5) is 0 Å². The highest BCUT2D eigenvalue weighted by Gasteiger charge is 2.78. The molecule has 5 aliphatic heterocycles. The summed E-state index contributed by atoms with van der Waals surface area (Å²) in [4.78, 5) is 53.6. The summed E-state index contributed by atoms with van der Waals surface area (Å²) in [5.74, 6) is -0.438. The summed E-state index contributed by atoms with van der Waals surface area (Å²) in [6.07, 6.45) is 20.1.